The SMILES string of the molecule is CN=C(NCc1cc(F)ccc1F)NC1CCN(C(=O)C2CCCC2)C1.I. The van der Waals surface area contributed by atoms with Gasteiger partial charge in [-0.3, -0.25) is 9.79 Å². The highest BCUT2D eigenvalue weighted by Crippen LogP contribution is 2.27. The fourth-order valence-corrected chi connectivity index (χ4v) is 3.75. The number of amides is 1. The van der Waals surface area contributed by atoms with E-state index in [0.29, 0.717) is 12.5 Å². The quantitative estimate of drug-likeness (QED) is 0.386. The first kappa shape index (κ1) is 21.8. The maximum atomic E-state index is 13.7. The van der Waals surface area contributed by atoms with Crippen molar-refractivity contribution >= 4 is 35.8 Å². The largest absolute Gasteiger partial charge is 0.352 e. The van der Waals surface area contributed by atoms with E-state index in [0.717, 1.165) is 50.8 Å². The van der Waals surface area contributed by atoms with Gasteiger partial charge in [0.2, 0.25) is 5.91 Å². The zero-order chi connectivity index (χ0) is 18.5. The zero-order valence-corrected chi connectivity index (χ0v) is 17.8. The van der Waals surface area contributed by atoms with Crippen LogP contribution in [0.3, 0.4) is 0 Å². The van der Waals surface area contributed by atoms with E-state index in [1.54, 1.807) is 7.05 Å². The predicted octanol–water partition coefficient (Wildman–Crippen LogP) is 3.04. The second-order valence-electron chi connectivity index (χ2n) is 7.06. The first-order valence-corrected chi connectivity index (χ1v) is 9.26. The van der Waals surface area contributed by atoms with Gasteiger partial charge < -0.3 is 15.5 Å². The molecule has 8 heteroatoms. The number of nitrogens with zero attached hydrogens (tertiary/aromatic N) is 2. The number of hydrogen-bond acceptors (Lipinski definition) is 2. The van der Waals surface area contributed by atoms with Gasteiger partial charge in [-0.05, 0) is 37.5 Å². The van der Waals surface area contributed by atoms with Crippen LogP contribution in [0.1, 0.15) is 37.7 Å². The van der Waals surface area contributed by atoms with Crippen molar-refractivity contribution < 1.29 is 13.6 Å². The van der Waals surface area contributed by atoms with E-state index in [4.69, 9.17) is 0 Å². The van der Waals surface area contributed by atoms with Crippen LogP contribution in [0.15, 0.2) is 23.2 Å². The minimum absolute atomic E-state index is 0. The minimum Gasteiger partial charge on any atom is -0.352 e. The van der Waals surface area contributed by atoms with E-state index in [2.05, 4.69) is 15.6 Å². The smallest absolute Gasteiger partial charge is 0.225 e. The number of rotatable bonds is 4. The molecular formula is C19H27F2IN4O. The highest BCUT2D eigenvalue weighted by Gasteiger charge is 2.32. The second-order valence-corrected chi connectivity index (χ2v) is 7.06. The van der Waals surface area contributed by atoms with E-state index < -0.39 is 11.6 Å². The third-order valence-corrected chi connectivity index (χ3v) is 5.22. The predicted molar refractivity (Wildman–Crippen MR) is 112 cm³/mol. The van der Waals surface area contributed by atoms with Gasteiger partial charge in [-0.1, -0.05) is 12.8 Å². The molecule has 1 aromatic rings. The Morgan fingerprint density at radius 1 is 1.26 bits per heavy atom. The molecule has 0 bridgehead atoms. The van der Waals surface area contributed by atoms with Crippen LogP contribution in [0.4, 0.5) is 8.78 Å². The Balaban J connectivity index is 0.00000261. The van der Waals surface area contributed by atoms with Crippen molar-refractivity contribution in [1.82, 2.24) is 15.5 Å². The van der Waals surface area contributed by atoms with E-state index in [1.165, 1.54) is 6.07 Å². The number of halogens is 3. The van der Waals surface area contributed by atoms with Gasteiger partial charge in [0.25, 0.3) is 0 Å². The molecule has 2 N–H and O–H groups in total. The van der Waals surface area contributed by atoms with Crippen molar-refractivity contribution in [2.75, 3.05) is 20.1 Å². The lowest BCUT2D eigenvalue weighted by Gasteiger charge is -2.21. The molecule has 0 aromatic heterocycles. The van der Waals surface area contributed by atoms with E-state index >= 15 is 0 Å². The van der Waals surface area contributed by atoms with E-state index in [9.17, 15) is 13.6 Å². The molecular weight excluding hydrogens is 465 g/mol. The van der Waals surface area contributed by atoms with Crippen LogP contribution in [0, 0.1) is 17.6 Å². The number of hydrogen-bond donors (Lipinski definition) is 2. The molecule has 5 nitrogen and oxygen atoms in total. The molecule has 1 aromatic carbocycles. The zero-order valence-electron chi connectivity index (χ0n) is 15.5. The number of likely N-dealkylation sites (tertiary alicyclic amines) is 1. The summed E-state index contributed by atoms with van der Waals surface area (Å²) < 4.78 is 27.0. The van der Waals surface area contributed by atoms with Crippen LogP contribution in [0.2, 0.25) is 0 Å². The Labute approximate surface area is 176 Å². The van der Waals surface area contributed by atoms with Crippen LogP contribution in [-0.4, -0.2) is 42.9 Å². The van der Waals surface area contributed by atoms with Crippen molar-refractivity contribution in [2.24, 2.45) is 10.9 Å². The highest BCUT2D eigenvalue weighted by atomic mass is 127. The number of aliphatic imine (C=N–C) groups is 1. The molecule has 27 heavy (non-hydrogen) atoms. The average molecular weight is 492 g/mol. The van der Waals surface area contributed by atoms with Crippen molar-refractivity contribution in [3.63, 3.8) is 0 Å². The van der Waals surface area contributed by atoms with Crippen LogP contribution in [0.25, 0.3) is 0 Å². The maximum absolute atomic E-state index is 13.7. The van der Waals surface area contributed by atoms with E-state index in [1.807, 2.05) is 4.90 Å². The summed E-state index contributed by atoms with van der Waals surface area (Å²) in [4.78, 5) is 18.6. The summed E-state index contributed by atoms with van der Waals surface area (Å²) in [5, 5.41) is 6.28. The lowest BCUT2D eigenvalue weighted by molar-refractivity contribution is -0.134. The summed E-state index contributed by atoms with van der Waals surface area (Å²) in [5.41, 5.74) is 0.248. The van der Waals surface area contributed by atoms with Gasteiger partial charge in [0, 0.05) is 44.2 Å². The van der Waals surface area contributed by atoms with Crippen LogP contribution < -0.4 is 10.6 Å². The number of guanidine groups is 1. The molecule has 1 aliphatic heterocycles. The Hall–Kier alpha value is -1.45. The van der Waals surface area contributed by atoms with Gasteiger partial charge in [-0.2, -0.15) is 0 Å². The molecule has 1 amide bonds. The lowest BCUT2D eigenvalue weighted by atomic mass is 10.1. The fourth-order valence-electron chi connectivity index (χ4n) is 3.75. The number of carbonyl (C=O) groups is 1. The first-order valence-electron chi connectivity index (χ1n) is 9.26. The Morgan fingerprint density at radius 3 is 2.70 bits per heavy atom. The molecule has 0 radical (unpaired) electrons. The maximum Gasteiger partial charge on any atom is 0.225 e. The molecule has 1 unspecified atom stereocenters. The highest BCUT2D eigenvalue weighted by molar-refractivity contribution is 14.0. The number of benzene rings is 1. The third-order valence-electron chi connectivity index (χ3n) is 5.22. The second kappa shape index (κ2) is 10.2. The first-order chi connectivity index (χ1) is 12.6. The van der Waals surface area contributed by atoms with Gasteiger partial charge in [0.05, 0.1) is 0 Å². The average Bonchev–Trinajstić information content (AvgIpc) is 3.32. The topological polar surface area (TPSA) is 56.7 Å². The van der Waals surface area contributed by atoms with Gasteiger partial charge in [-0.15, -0.1) is 24.0 Å². The minimum atomic E-state index is -0.469. The normalized spacial score (nSPS) is 20.5. The molecule has 150 valence electrons. The van der Waals surface area contributed by atoms with Gasteiger partial charge in [-0.25, -0.2) is 8.78 Å². The van der Waals surface area contributed by atoms with Crippen molar-refractivity contribution in [2.45, 2.75) is 44.7 Å². The lowest BCUT2D eigenvalue weighted by Crippen LogP contribution is -2.45. The Morgan fingerprint density at radius 2 is 2.00 bits per heavy atom. The number of nitrogens with one attached hydrogen (secondary N) is 2. The summed E-state index contributed by atoms with van der Waals surface area (Å²) in [6, 6.07) is 3.50. The Bertz CT molecular complexity index is 680. The summed E-state index contributed by atoms with van der Waals surface area (Å²) in [6.45, 7) is 1.55. The third kappa shape index (κ3) is 5.76. The van der Waals surface area contributed by atoms with Gasteiger partial charge >= 0.3 is 0 Å². The summed E-state index contributed by atoms with van der Waals surface area (Å²) in [7, 11) is 1.63. The summed E-state index contributed by atoms with van der Waals surface area (Å²) in [6.07, 6.45) is 5.18. The van der Waals surface area contributed by atoms with Crippen molar-refractivity contribution in [3.05, 3.63) is 35.4 Å². The standard InChI is InChI=1S/C19H26F2N4O.HI/c1-22-19(23-11-14-10-15(20)6-7-17(14)21)24-16-8-9-25(12-16)18(26)13-4-2-3-5-13;/h6-7,10,13,16H,2-5,8-9,11-12H2,1H3,(H2,22,23,24);1H. The van der Waals surface area contributed by atoms with Gasteiger partial charge in [0.15, 0.2) is 5.96 Å². The van der Waals surface area contributed by atoms with E-state index in [-0.39, 0.29) is 54.0 Å². The van der Waals surface area contributed by atoms with Gasteiger partial charge in [0.1, 0.15) is 11.6 Å². The molecule has 1 saturated carbocycles. The van der Waals surface area contributed by atoms with Crippen molar-refractivity contribution in [3.8, 4) is 0 Å². The Kier molecular flexibility index (Phi) is 8.25. The fraction of sp³-hybridized carbons (Fsp3) is 0.579. The molecule has 3 rings (SSSR count). The van der Waals surface area contributed by atoms with Crippen LogP contribution in [-0.2, 0) is 11.3 Å². The monoisotopic (exact) mass is 492 g/mol. The molecule has 2 fully saturated rings. The summed E-state index contributed by atoms with van der Waals surface area (Å²) in [5.74, 6) is 0.0686. The molecule has 1 saturated heterocycles. The molecule has 1 heterocycles. The molecule has 1 aliphatic carbocycles. The number of carbonyl (C=O) groups excluding carboxylic acids is 1. The van der Waals surface area contributed by atoms with Crippen LogP contribution in [0.5, 0.6) is 0 Å². The molecule has 2 aliphatic rings. The summed E-state index contributed by atoms with van der Waals surface area (Å²) >= 11 is 0. The molecule has 1 atom stereocenters. The van der Waals surface area contributed by atoms with Crippen LogP contribution >= 0.6 is 24.0 Å². The molecule has 0 spiro atoms. The van der Waals surface area contributed by atoms with Crippen molar-refractivity contribution in [1.29, 1.82) is 0 Å².